The molecule has 3 heterocycles. The predicted octanol–water partition coefficient (Wildman–Crippen LogP) is 3.94. The average Bonchev–Trinajstić information content (AvgIpc) is 3.47. The number of carbonyl (C=O) groups excluding carboxylic acids is 1. The van der Waals surface area contributed by atoms with Crippen molar-refractivity contribution in [1.82, 2.24) is 25.0 Å². The molecular weight excluding hydrogens is 415 g/mol. The number of fused-ring (bicyclic) bond motifs is 1. The van der Waals surface area contributed by atoms with E-state index in [2.05, 4.69) is 25.4 Å². The molecule has 0 saturated carbocycles. The number of methoxy groups -OCH3 is 1. The summed E-state index contributed by atoms with van der Waals surface area (Å²) < 4.78 is 24.3. The number of rotatable bonds is 4. The molecule has 2 amide bonds. The number of urea groups is 1. The fourth-order valence-electron chi connectivity index (χ4n) is 3.66. The molecule has 0 fully saturated rings. The van der Waals surface area contributed by atoms with Crippen LogP contribution >= 0.6 is 0 Å². The van der Waals surface area contributed by atoms with Crippen LogP contribution in [0.1, 0.15) is 23.3 Å². The summed E-state index contributed by atoms with van der Waals surface area (Å²) in [4.78, 5) is 26.6. The minimum atomic E-state index is -0.529. The van der Waals surface area contributed by atoms with Gasteiger partial charge in [0.1, 0.15) is 17.6 Å². The number of aromatic nitrogens is 4. The third-order valence-corrected chi connectivity index (χ3v) is 5.31. The van der Waals surface area contributed by atoms with Crippen molar-refractivity contribution in [2.24, 2.45) is 0 Å². The van der Waals surface area contributed by atoms with Crippen LogP contribution in [0.15, 0.2) is 59.4 Å². The van der Waals surface area contributed by atoms with Gasteiger partial charge >= 0.3 is 6.03 Å². The number of benzene rings is 2. The summed E-state index contributed by atoms with van der Waals surface area (Å²) in [5, 5.41) is 6.82. The van der Waals surface area contributed by atoms with Gasteiger partial charge in [-0.15, -0.1) is 0 Å². The number of anilines is 1. The van der Waals surface area contributed by atoms with Gasteiger partial charge in [0, 0.05) is 17.7 Å². The zero-order valence-corrected chi connectivity index (χ0v) is 17.1. The summed E-state index contributed by atoms with van der Waals surface area (Å²) >= 11 is 0. The Hall–Kier alpha value is -4.21. The van der Waals surface area contributed by atoms with E-state index in [1.54, 1.807) is 36.5 Å². The lowest BCUT2D eigenvalue weighted by molar-refractivity contribution is 0.155. The lowest BCUT2D eigenvalue weighted by Crippen LogP contribution is -2.41. The third kappa shape index (κ3) is 3.78. The van der Waals surface area contributed by atoms with E-state index in [1.165, 1.54) is 18.2 Å². The minimum absolute atomic E-state index is 0.265. The van der Waals surface area contributed by atoms with Crippen molar-refractivity contribution in [3.8, 4) is 17.1 Å². The summed E-state index contributed by atoms with van der Waals surface area (Å²) in [7, 11) is 1.59. The molecule has 1 aliphatic heterocycles. The van der Waals surface area contributed by atoms with Crippen LogP contribution in [0.25, 0.3) is 11.4 Å². The first kappa shape index (κ1) is 19.7. The van der Waals surface area contributed by atoms with Crippen molar-refractivity contribution in [3.05, 3.63) is 78.0 Å². The second kappa shape index (κ2) is 8.14. The monoisotopic (exact) mass is 434 g/mol. The normalized spacial score (nSPS) is 15.3. The van der Waals surface area contributed by atoms with E-state index in [4.69, 9.17) is 9.26 Å². The van der Waals surface area contributed by atoms with Gasteiger partial charge in [-0.2, -0.15) is 4.98 Å². The van der Waals surface area contributed by atoms with E-state index in [0.29, 0.717) is 23.8 Å². The molecular formula is C22H19FN6O3. The number of nitrogens with one attached hydrogen (secondary N) is 2. The Morgan fingerprint density at radius 1 is 1.28 bits per heavy atom. The second-order valence-corrected chi connectivity index (χ2v) is 7.30. The maximum absolute atomic E-state index is 13.5. The van der Waals surface area contributed by atoms with E-state index >= 15 is 0 Å². The largest absolute Gasteiger partial charge is 0.497 e. The van der Waals surface area contributed by atoms with E-state index in [9.17, 15) is 9.18 Å². The highest BCUT2D eigenvalue weighted by atomic mass is 19.1. The smallest absolute Gasteiger partial charge is 0.322 e. The number of carbonyl (C=O) groups is 1. The summed E-state index contributed by atoms with van der Waals surface area (Å²) in [6, 6.07) is 12.1. The van der Waals surface area contributed by atoms with Gasteiger partial charge in [0.15, 0.2) is 0 Å². The molecule has 32 heavy (non-hydrogen) atoms. The lowest BCUT2D eigenvalue weighted by atomic mass is 10.0. The second-order valence-electron chi connectivity index (χ2n) is 7.30. The van der Waals surface area contributed by atoms with E-state index in [1.807, 2.05) is 12.1 Å². The van der Waals surface area contributed by atoms with Crippen molar-refractivity contribution >= 4 is 11.7 Å². The first-order chi connectivity index (χ1) is 15.6. The molecule has 0 radical (unpaired) electrons. The molecule has 2 aromatic carbocycles. The SMILES string of the molecule is COc1ccc(-c2noc(C3Cc4nc[nH]c4CN3C(=O)Nc3cccc(F)c3)n2)cc1. The van der Waals surface area contributed by atoms with Crippen LogP contribution < -0.4 is 10.1 Å². The zero-order chi connectivity index (χ0) is 22.1. The maximum atomic E-state index is 13.5. The van der Waals surface area contributed by atoms with Crippen molar-refractivity contribution in [2.75, 3.05) is 12.4 Å². The number of aromatic amines is 1. The van der Waals surface area contributed by atoms with Crippen molar-refractivity contribution < 1.29 is 18.4 Å². The van der Waals surface area contributed by atoms with Gasteiger partial charge in [0.25, 0.3) is 0 Å². The van der Waals surface area contributed by atoms with Crippen LogP contribution in [-0.2, 0) is 13.0 Å². The van der Waals surface area contributed by atoms with E-state index in [0.717, 1.165) is 22.7 Å². The van der Waals surface area contributed by atoms with Crippen molar-refractivity contribution in [3.63, 3.8) is 0 Å². The lowest BCUT2D eigenvalue weighted by Gasteiger charge is -2.32. The Kier molecular flexibility index (Phi) is 5.02. The van der Waals surface area contributed by atoms with Crippen LogP contribution in [0.3, 0.4) is 0 Å². The number of H-pyrrole nitrogens is 1. The minimum Gasteiger partial charge on any atom is -0.497 e. The molecule has 2 aromatic heterocycles. The molecule has 162 valence electrons. The molecule has 4 aromatic rings. The Balaban J connectivity index is 1.43. The Morgan fingerprint density at radius 2 is 2.12 bits per heavy atom. The molecule has 0 aliphatic carbocycles. The highest BCUT2D eigenvalue weighted by Gasteiger charge is 2.36. The van der Waals surface area contributed by atoms with Gasteiger partial charge in [-0.05, 0) is 42.5 Å². The fraction of sp³-hybridized carbons (Fsp3) is 0.182. The van der Waals surface area contributed by atoms with Gasteiger partial charge in [-0.3, -0.25) is 0 Å². The average molecular weight is 434 g/mol. The van der Waals surface area contributed by atoms with Gasteiger partial charge in [-0.1, -0.05) is 11.2 Å². The molecule has 5 rings (SSSR count). The van der Waals surface area contributed by atoms with E-state index in [-0.39, 0.29) is 6.54 Å². The Morgan fingerprint density at radius 3 is 2.91 bits per heavy atom. The highest BCUT2D eigenvalue weighted by molar-refractivity contribution is 5.89. The topological polar surface area (TPSA) is 109 Å². The van der Waals surface area contributed by atoms with E-state index < -0.39 is 17.9 Å². The summed E-state index contributed by atoms with van der Waals surface area (Å²) in [5.41, 5.74) is 2.76. The number of hydrogen-bond donors (Lipinski definition) is 2. The molecule has 0 saturated heterocycles. The molecule has 2 N–H and O–H groups in total. The van der Waals surface area contributed by atoms with Gasteiger partial charge in [-0.25, -0.2) is 14.2 Å². The van der Waals surface area contributed by atoms with Crippen LogP contribution in [0, 0.1) is 5.82 Å². The number of nitrogens with zero attached hydrogens (tertiary/aromatic N) is 4. The van der Waals surface area contributed by atoms with Crippen LogP contribution in [0.5, 0.6) is 5.75 Å². The first-order valence-corrected chi connectivity index (χ1v) is 9.93. The van der Waals surface area contributed by atoms with Gasteiger partial charge in [0.05, 0.1) is 31.4 Å². The number of imidazole rings is 1. The molecule has 10 heteroatoms. The quantitative estimate of drug-likeness (QED) is 0.504. The van der Waals surface area contributed by atoms with Crippen LogP contribution in [0.2, 0.25) is 0 Å². The summed E-state index contributed by atoms with van der Waals surface area (Å²) in [6.45, 7) is 0.265. The maximum Gasteiger partial charge on any atom is 0.322 e. The number of halogens is 1. The van der Waals surface area contributed by atoms with Crippen LogP contribution in [-0.4, -0.2) is 38.1 Å². The number of ether oxygens (including phenoxy) is 1. The zero-order valence-electron chi connectivity index (χ0n) is 17.1. The molecule has 1 atom stereocenters. The Bertz CT molecular complexity index is 1250. The van der Waals surface area contributed by atoms with Crippen LogP contribution in [0.4, 0.5) is 14.9 Å². The number of hydrogen-bond acceptors (Lipinski definition) is 6. The van der Waals surface area contributed by atoms with Gasteiger partial charge in [0.2, 0.25) is 11.7 Å². The molecule has 9 nitrogen and oxygen atoms in total. The van der Waals surface area contributed by atoms with Gasteiger partial charge < -0.3 is 24.5 Å². The van der Waals surface area contributed by atoms with Crippen molar-refractivity contribution in [2.45, 2.75) is 19.0 Å². The number of amides is 2. The third-order valence-electron chi connectivity index (χ3n) is 5.31. The summed E-state index contributed by atoms with van der Waals surface area (Å²) in [6.07, 6.45) is 1.99. The fourth-order valence-corrected chi connectivity index (χ4v) is 3.66. The van der Waals surface area contributed by atoms with Crippen molar-refractivity contribution in [1.29, 1.82) is 0 Å². The molecule has 1 unspecified atom stereocenters. The first-order valence-electron chi connectivity index (χ1n) is 9.93. The Labute approximate surface area is 182 Å². The molecule has 1 aliphatic rings. The molecule has 0 bridgehead atoms. The predicted molar refractivity (Wildman–Crippen MR) is 112 cm³/mol. The summed E-state index contributed by atoms with van der Waals surface area (Å²) in [5.74, 6) is 0.978. The molecule has 0 spiro atoms. The standard InChI is InChI=1S/C22H19FN6O3/c1-31-16-7-5-13(6-8-16)20-27-21(32-28-20)19-10-17-18(25-12-24-17)11-29(19)22(30)26-15-4-2-3-14(23)9-15/h2-9,12,19H,10-11H2,1H3,(H,24,25)(H,26,30). The highest BCUT2D eigenvalue weighted by Crippen LogP contribution is 2.33.